The van der Waals surface area contributed by atoms with E-state index in [0.717, 1.165) is 18.4 Å². The summed E-state index contributed by atoms with van der Waals surface area (Å²) >= 11 is 0. The lowest BCUT2D eigenvalue weighted by Crippen LogP contribution is -2.27. The maximum Gasteiger partial charge on any atom is 0.251 e. The number of benzene rings is 2. The Labute approximate surface area is 132 Å². The number of nitrogens with one attached hydrogen (secondary N) is 1. The highest BCUT2D eigenvalue weighted by molar-refractivity contribution is 5.94. The molecule has 2 nitrogen and oxygen atoms in total. The van der Waals surface area contributed by atoms with E-state index in [2.05, 4.69) is 36.5 Å². The number of carbonyl (C=O) groups is 1. The molecule has 3 rings (SSSR count). The Morgan fingerprint density at radius 3 is 2.55 bits per heavy atom. The first-order valence-corrected chi connectivity index (χ1v) is 8.13. The van der Waals surface area contributed by atoms with Crippen LogP contribution in [0.15, 0.2) is 42.5 Å². The zero-order valence-corrected chi connectivity index (χ0v) is 13.4. The molecule has 1 aliphatic carbocycles. The number of hydrogen-bond acceptors (Lipinski definition) is 1. The Bertz CT molecular complexity index is 690. The quantitative estimate of drug-likeness (QED) is 0.894. The smallest absolute Gasteiger partial charge is 0.251 e. The van der Waals surface area contributed by atoms with Gasteiger partial charge >= 0.3 is 0 Å². The van der Waals surface area contributed by atoms with Crippen LogP contribution in [0.5, 0.6) is 0 Å². The summed E-state index contributed by atoms with van der Waals surface area (Å²) in [5, 5.41) is 3.12. The van der Waals surface area contributed by atoms with Crippen molar-refractivity contribution in [1.29, 1.82) is 0 Å². The van der Waals surface area contributed by atoms with Crippen molar-refractivity contribution >= 4 is 5.91 Å². The zero-order chi connectivity index (χ0) is 15.5. The summed E-state index contributed by atoms with van der Waals surface area (Å²) in [6.07, 6.45) is 4.75. The molecule has 2 heteroatoms. The fourth-order valence-corrected chi connectivity index (χ4v) is 3.31. The molecule has 0 aromatic heterocycles. The van der Waals surface area contributed by atoms with Crippen molar-refractivity contribution in [2.45, 2.75) is 45.6 Å². The van der Waals surface area contributed by atoms with Crippen LogP contribution in [0.3, 0.4) is 0 Å². The largest absolute Gasteiger partial charge is 0.346 e. The second-order valence-electron chi connectivity index (χ2n) is 6.24. The van der Waals surface area contributed by atoms with Crippen LogP contribution in [0, 0.1) is 6.92 Å². The van der Waals surface area contributed by atoms with Crippen LogP contribution in [-0.2, 0) is 12.8 Å². The Balaban J connectivity index is 1.76. The molecular formula is C20H23NO. The summed E-state index contributed by atoms with van der Waals surface area (Å²) in [4.78, 5) is 12.5. The van der Waals surface area contributed by atoms with E-state index in [9.17, 15) is 4.79 Å². The van der Waals surface area contributed by atoms with Crippen LogP contribution in [0.25, 0.3) is 0 Å². The second kappa shape index (κ2) is 6.35. The Kier molecular flexibility index (Phi) is 4.28. The lowest BCUT2D eigenvalue weighted by atomic mass is 9.90. The number of fused-ring (bicyclic) bond motifs is 1. The Morgan fingerprint density at radius 2 is 1.77 bits per heavy atom. The third-order valence-corrected chi connectivity index (χ3v) is 4.61. The number of hydrogen-bond donors (Lipinski definition) is 1. The number of amides is 1. The van der Waals surface area contributed by atoms with Gasteiger partial charge < -0.3 is 5.32 Å². The summed E-state index contributed by atoms with van der Waals surface area (Å²) in [5.74, 6) is 0.0177. The third-order valence-electron chi connectivity index (χ3n) is 4.61. The van der Waals surface area contributed by atoms with Gasteiger partial charge in [-0.3, -0.25) is 4.79 Å². The predicted octanol–water partition coefficient (Wildman–Crippen LogP) is 4.36. The molecule has 1 amide bonds. The van der Waals surface area contributed by atoms with Crippen LogP contribution >= 0.6 is 0 Å². The van der Waals surface area contributed by atoms with E-state index >= 15 is 0 Å². The second-order valence-corrected chi connectivity index (χ2v) is 6.24. The van der Waals surface area contributed by atoms with Gasteiger partial charge in [0.25, 0.3) is 5.91 Å². The molecule has 1 aliphatic rings. The number of aryl methyl sites for hydroxylation is 3. The molecule has 0 bridgehead atoms. The maximum absolute atomic E-state index is 12.5. The van der Waals surface area contributed by atoms with Gasteiger partial charge in [0.15, 0.2) is 0 Å². The fraction of sp³-hybridized carbons (Fsp3) is 0.350. The van der Waals surface area contributed by atoms with Crippen LogP contribution in [0.4, 0.5) is 0 Å². The monoisotopic (exact) mass is 293 g/mol. The molecule has 1 unspecified atom stereocenters. The summed E-state index contributed by atoms with van der Waals surface area (Å²) in [7, 11) is 0. The molecule has 0 saturated carbocycles. The van der Waals surface area contributed by atoms with Gasteiger partial charge in [-0.25, -0.2) is 0 Å². The molecule has 1 N–H and O–H groups in total. The summed E-state index contributed by atoms with van der Waals surface area (Å²) in [6.45, 7) is 4.12. The van der Waals surface area contributed by atoms with Crippen LogP contribution in [0.1, 0.15) is 58.4 Å². The van der Waals surface area contributed by atoms with Crippen molar-refractivity contribution in [3.63, 3.8) is 0 Å². The van der Waals surface area contributed by atoms with E-state index in [4.69, 9.17) is 0 Å². The minimum Gasteiger partial charge on any atom is -0.346 e. The van der Waals surface area contributed by atoms with E-state index < -0.39 is 0 Å². The molecule has 0 heterocycles. The molecule has 0 aliphatic heterocycles. The highest BCUT2D eigenvalue weighted by Gasteiger charge is 2.15. The Hall–Kier alpha value is -2.09. The van der Waals surface area contributed by atoms with Gasteiger partial charge in [0, 0.05) is 5.56 Å². The molecule has 114 valence electrons. The maximum atomic E-state index is 12.5. The van der Waals surface area contributed by atoms with E-state index in [-0.39, 0.29) is 11.9 Å². The minimum atomic E-state index is 0.0177. The van der Waals surface area contributed by atoms with Crippen molar-refractivity contribution in [1.82, 2.24) is 5.32 Å². The predicted molar refractivity (Wildman–Crippen MR) is 90.1 cm³/mol. The van der Waals surface area contributed by atoms with Gasteiger partial charge in [0.2, 0.25) is 0 Å². The highest BCUT2D eigenvalue weighted by atomic mass is 16.1. The fourth-order valence-electron chi connectivity index (χ4n) is 3.31. The molecule has 2 aromatic rings. The van der Waals surface area contributed by atoms with Crippen molar-refractivity contribution in [3.05, 3.63) is 70.3 Å². The molecule has 2 aromatic carbocycles. The summed E-state index contributed by atoms with van der Waals surface area (Å²) in [5.41, 5.74) is 5.92. The lowest BCUT2D eigenvalue weighted by Gasteiger charge is -2.19. The lowest BCUT2D eigenvalue weighted by molar-refractivity contribution is 0.0939. The van der Waals surface area contributed by atoms with Crippen molar-refractivity contribution in [2.75, 3.05) is 0 Å². The van der Waals surface area contributed by atoms with Crippen molar-refractivity contribution < 1.29 is 4.79 Å². The molecule has 0 fully saturated rings. The first-order chi connectivity index (χ1) is 10.6. The zero-order valence-electron chi connectivity index (χ0n) is 13.4. The third kappa shape index (κ3) is 3.06. The van der Waals surface area contributed by atoms with Gasteiger partial charge in [-0.05, 0) is 73.9 Å². The summed E-state index contributed by atoms with van der Waals surface area (Å²) in [6, 6.07) is 14.4. The summed E-state index contributed by atoms with van der Waals surface area (Å²) < 4.78 is 0. The van der Waals surface area contributed by atoms with Crippen molar-refractivity contribution in [3.8, 4) is 0 Å². The van der Waals surface area contributed by atoms with Gasteiger partial charge in [-0.1, -0.05) is 30.3 Å². The molecule has 0 spiro atoms. The van der Waals surface area contributed by atoms with Gasteiger partial charge in [-0.2, -0.15) is 0 Å². The molecular weight excluding hydrogens is 270 g/mol. The molecule has 22 heavy (non-hydrogen) atoms. The van der Waals surface area contributed by atoms with Crippen molar-refractivity contribution in [2.24, 2.45) is 0 Å². The topological polar surface area (TPSA) is 29.1 Å². The molecule has 0 saturated heterocycles. The first-order valence-electron chi connectivity index (χ1n) is 8.13. The number of rotatable bonds is 3. The first kappa shape index (κ1) is 14.8. The van der Waals surface area contributed by atoms with E-state index in [1.54, 1.807) is 0 Å². The van der Waals surface area contributed by atoms with Crippen LogP contribution in [0.2, 0.25) is 0 Å². The molecule has 0 radical (unpaired) electrons. The minimum absolute atomic E-state index is 0.0177. The standard InChI is InChI=1S/C20H23NO/c1-14-7-3-6-10-19(14)15(2)21-20(22)18-12-11-16-8-4-5-9-17(16)13-18/h3,6-7,10-13,15H,4-5,8-9H2,1-2H3,(H,21,22). The van der Waals surface area contributed by atoms with Gasteiger partial charge in [0.05, 0.1) is 6.04 Å². The highest BCUT2D eigenvalue weighted by Crippen LogP contribution is 2.23. The van der Waals surface area contributed by atoms with E-state index in [0.29, 0.717) is 0 Å². The van der Waals surface area contributed by atoms with Gasteiger partial charge in [0.1, 0.15) is 0 Å². The normalized spacial score (nSPS) is 15.0. The van der Waals surface area contributed by atoms with Crippen LogP contribution in [-0.4, -0.2) is 5.91 Å². The van der Waals surface area contributed by atoms with Gasteiger partial charge in [-0.15, -0.1) is 0 Å². The average molecular weight is 293 g/mol. The van der Waals surface area contributed by atoms with E-state index in [1.165, 1.54) is 35.1 Å². The number of carbonyl (C=O) groups excluding carboxylic acids is 1. The molecule has 1 atom stereocenters. The van der Waals surface area contributed by atoms with Crippen LogP contribution < -0.4 is 5.32 Å². The Morgan fingerprint density at radius 1 is 1.05 bits per heavy atom. The average Bonchev–Trinajstić information content (AvgIpc) is 2.54. The van der Waals surface area contributed by atoms with E-state index in [1.807, 2.05) is 25.1 Å². The SMILES string of the molecule is Cc1ccccc1C(C)NC(=O)c1ccc2c(c1)CCCC2.